The maximum absolute atomic E-state index is 12.1. The molecule has 1 atom stereocenters. The van der Waals surface area contributed by atoms with Crippen molar-refractivity contribution in [2.24, 2.45) is 5.73 Å². The third kappa shape index (κ3) is 4.04. The number of carbonyl (C=O) groups excluding carboxylic acids is 1. The first-order valence-corrected chi connectivity index (χ1v) is 6.66. The van der Waals surface area contributed by atoms with E-state index >= 15 is 0 Å². The van der Waals surface area contributed by atoms with Crippen LogP contribution in [-0.4, -0.2) is 38.1 Å². The van der Waals surface area contributed by atoms with E-state index in [1.807, 2.05) is 37.4 Å². The number of esters is 1. The van der Waals surface area contributed by atoms with Gasteiger partial charge in [0, 0.05) is 6.54 Å². The lowest BCUT2D eigenvalue weighted by Crippen LogP contribution is -2.53. The summed E-state index contributed by atoms with van der Waals surface area (Å²) in [5.74, 6) is -0.401. The normalized spacial score (nSPS) is 14.2. The van der Waals surface area contributed by atoms with Gasteiger partial charge in [-0.25, -0.2) is 4.79 Å². The molecule has 106 valence electrons. The fourth-order valence-corrected chi connectivity index (χ4v) is 2.12. The van der Waals surface area contributed by atoms with Gasteiger partial charge >= 0.3 is 5.97 Å². The summed E-state index contributed by atoms with van der Waals surface area (Å²) in [5.41, 5.74) is 6.00. The molecule has 2 N–H and O–H groups in total. The first kappa shape index (κ1) is 15.7. The van der Waals surface area contributed by atoms with Crippen molar-refractivity contribution >= 4 is 5.97 Å². The number of likely N-dealkylation sites (N-methyl/N-ethyl adjacent to an activating group) is 1. The summed E-state index contributed by atoms with van der Waals surface area (Å²) < 4.78 is 4.88. The van der Waals surface area contributed by atoms with Crippen molar-refractivity contribution in [2.45, 2.75) is 25.3 Å². The Kier molecular flexibility index (Phi) is 5.99. The van der Waals surface area contributed by atoms with Crippen LogP contribution in [-0.2, 0) is 15.1 Å². The quantitative estimate of drug-likeness (QED) is 0.762. The largest absolute Gasteiger partial charge is 0.467 e. The third-order valence-electron chi connectivity index (χ3n) is 3.25. The second kappa shape index (κ2) is 7.26. The van der Waals surface area contributed by atoms with E-state index in [0.717, 1.165) is 24.9 Å². The molecule has 19 heavy (non-hydrogen) atoms. The topological polar surface area (TPSA) is 55.6 Å². The molecule has 0 saturated carbocycles. The lowest BCUT2D eigenvalue weighted by atomic mass is 9.90. The highest BCUT2D eigenvalue weighted by Crippen LogP contribution is 2.21. The van der Waals surface area contributed by atoms with E-state index in [0.29, 0.717) is 6.54 Å². The first-order chi connectivity index (χ1) is 9.04. The molecule has 1 aromatic carbocycles. The van der Waals surface area contributed by atoms with Crippen LogP contribution in [0.3, 0.4) is 0 Å². The van der Waals surface area contributed by atoms with Crippen molar-refractivity contribution in [3.8, 4) is 0 Å². The van der Waals surface area contributed by atoms with Crippen molar-refractivity contribution in [2.75, 3.05) is 27.2 Å². The van der Waals surface area contributed by atoms with Crippen LogP contribution >= 0.6 is 0 Å². The molecular weight excluding hydrogens is 240 g/mol. The number of carbonyl (C=O) groups is 1. The molecule has 0 spiro atoms. The van der Waals surface area contributed by atoms with Crippen molar-refractivity contribution in [3.05, 3.63) is 35.9 Å². The van der Waals surface area contributed by atoms with E-state index in [1.165, 1.54) is 7.11 Å². The second-order valence-corrected chi connectivity index (χ2v) is 4.92. The molecule has 4 nitrogen and oxygen atoms in total. The maximum Gasteiger partial charge on any atom is 0.331 e. The van der Waals surface area contributed by atoms with Crippen molar-refractivity contribution < 1.29 is 9.53 Å². The summed E-state index contributed by atoms with van der Waals surface area (Å²) in [6.07, 6.45) is 2.20. The van der Waals surface area contributed by atoms with Gasteiger partial charge in [0.05, 0.1) is 7.11 Å². The SMILES string of the molecule is CCCCN(C)CC(N)(C(=O)OC)c1ccccc1. The zero-order valence-corrected chi connectivity index (χ0v) is 12.1. The van der Waals surface area contributed by atoms with Gasteiger partial charge in [-0.1, -0.05) is 43.7 Å². The molecule has 0 aromatic heterocycles. The minimum Gasteiger partial charge on any atom is -0.467 e. The molecule has 0 bridgehead atoms. The molecule has 0 saturated heterocycles. The average Bonchev–Trinajstić information content (AvgIpc) is 2.44. The van der Waals surface area contributed by atoms with Crippen LogP contribution in [0.1, 0.15) is 25.3 Å². The molecule has 0 heterocycles. The molecule has 0 radical (unpaired) electrons. The Labute approximate surface area is 115 Å². The predicted molar refractivity (Wildman–Crippen MR) is 76.7 cm³/mol. The summed E-state index contributed by atoms with van der Waals surface area (Å²) in [6.45, 7) is 3.50. The lowest BCUT2D eigenvalue weighted by molar-refractivity contribution is -0.148. The smallest absolute Gasteiger partial charge is 0.331 e. The highest BCUT2D eigenvalue weighted by Gasteiger charge is 2.38. The number of unbranched alkanes of at least 4 members (excludes halogenated alkanes) is 1. The summed E-state index contributed by atoms with van der Waals surface area (Å²) in [6, 6.07) is 9.40. The molecule has 0 amide bonds. The van der Waals surface area contributed by atoms with Crippen molar-refractivity contribution in [3.63, 3.8) is 0 Å². The van der Waals surface area contributed by atoms with Crippen LogP contribution in [0, 0.1) is 0 Å². The molecule has 0 fully saturated rings. The first-order valence-electron chi connectivity index (χ1n) is 6.66. The van der Waals surface area contributed by atoms with E-state index in [4.69, 9.17) is 10.5 Å². The Balaban J connectivity index is 2.91. The average molecular weight is 264 g/mol. The maximum atomic E-state index is 12.1. The number of methoxy groups -OCH3 is 1. The van der Waals surface area contributed by atoms with Gasteiger partial charge in [0.2, 0.25) is 0 Å². The molecule has 1 unspecified atom stereocenters. The highest BCUT2D eigenvalue weighted by atomic mass is 16.5. The summed E-state index contributed by atoms with van der Waals surface area (Å²) in [4.78, 5) is 14.1. The monoisotopic (exact) mass is 264 g/mol. The fraction of sp³-hybridized carbons (Fsp3) is 0.533. The Morgan fingerprint density at radius 2 is 2.00 bits per heavy atom. The van der Waals surface area contributed by atoms with Gasteiger partial charge < -0.3 is 15.4 Å². The van der Waals surface area contributed by atoms with Crippen LogP contribution in [0.25, 0.3) is 0 Å². The van der Waals surface area contributed by atoms with E-state index < -0.39 is 11.5 Å². The van der Waals surface area contributed by atoms with E-state index in [1.54, 1.807) is 0 Å². The Bertz CT molecular complexity index is 394. The van der Waals surface area contributed by atoms with Gasteiger partial charge in [0.1, 0.15) is 0 Å². The van der Waals surface area contributed by atoms with Gasteiger partial charge in [0.25, 0.3) is 0 Å². The van der Waals surface area contributed by atoms with E-state index in [-0.39, 0.29) is 0 Å². The van der Waals surface area contributed by atoms with Gasteiger partial charge in [-0.3, -0.25) is 0 Å². The number of hydrogen-bond donors (Lipinski definition) is 1. The summed E-state index contributed by atoms with van der Waals surface area (Å²) in [7, 11) is 3.35. The zero-order chi connectivity index (χ0) is 14.3. The standard InChI is InChI=1S/C15H24N2O2/c1-4-5-11-17(2)12-15(16,14(18)19-3)13-9-7-6-8-10-13/h6-10H,4-5,11-12,16H2,1-3H3. The van der Waals surface area contributed by atoms with E-state index in [9.17, 15) is 4.79 Å². The van der Waals surface area contributed by atoms with Crippen molar-refractivity contribution in [1.82, 2.24) is 4.90 Å². The van der Waals surface area contributed by atoms with Crippen LogP contribution < -0.4 is 5.73 Å². The van der Waals surface area contributed by atoms with Crippen LogP contribution in [0.5, 0.6) is 0 Å². The molecule has 1 rings (SSSR count). The molecule has 0 aliphatic heterocycles. The Morgan fingerprint density at radius 1 is 1.37 bits per heavy atom. The Morgan fingerprint density at radius 3 is 2.53 bits per heavy atom. The lowest BCUT2D eigenvalue weighted by Gasteiger charge is -2.31. The molecule has 0 aliphatic carbocycles. The van der Waals surface area contributed by atoms with Gasteiger partial charge in [-0.2, -0.15) is 0 Å². The summed E-state index contributed by atoms with van der Waals surface area (Å²) in [5, 5.41) is 0. The minimum atomic E-state index is -1.11. The fourth-order valence-electron chi connectivity index (χ4n) is 2.12. The van der Waals surface area contributed by atoms with Crippen molar-refractivity contribution in [1.29, 1.82) is 0 Å². The highest BCUT2D eigenvalue weighted by molar-refractivity contribution is 5.82. The zero-order valence-electron chi connectivity index (χ0n) is 12.1. The molecule has 1 aromatic rings. The summed E-state index contributed by atoms with van der Waals surface area (Å²) >= 11 is 0. The molecular formula is C15H24N2O2. The number of benzene rings is 1. The van der Waals surface area contributed by atoms with E-state index in [2.05, 4.69) is 11.8 Å². The Hall–Kier alpha value is -1.39. The van der Waals surface area contributed by atoms with Crippen LogP contribution in [0.4, 0.5) is 0 Å². The van der Waals surface area contributed by atoms with Gasteiger partial charge in [-0.15, -0.1) is 0 Å². The number of ether oxygens (including phenoxy) is 1. The third-order valence-corrected chi connectivity index (χ3v) is 3.25. The molecule has 0 aliphatic rings. The predicted octanol–water partition coefficient (Wildman–Crippen LogP) is 1.75. The number of hydrogen-bond acceptors (Lipinski definition) is 4. The number of nitrogens with zero attached hydrogens (tertiary/aromatic N) is 1. The molecule has 4 heteroatoms. The van der Waals surface area contributed by atoms with Gasteiger partial charge in [-0.05, 0) is 25.6 Å². The van der Waals surface area contributed by atoms with Crippen LogP contribution in [0.15, 0.2) is 30.3 Å². The minimum absolute atomic E-state index is 0.401. The van der Waals surface area contributed by atoms with Crippen LogP contribution in [0.2, 0.25) is 0 Å². The number of rotatable bonds is 7. The second-order valence-electron chi connectivity index (χ2n) is 4.92. The van der Waals surface area contributed by atoms with Gasteiger partial charge in [0.15, 0.2) is 5.54 Å². The number of nitrogens with two attached hydrogens (primary N) is 1.